The van der Waals surface area contributed by atoms with E-state index in [1.54, 1.807) is 6.07 Å². The monoisotopic (exact) mass is 504 g/mol. The first-order valence-corrected chi connectivity index (χ1v) is 13.6. The van der Waals surface area contributed by atoms with Gasteiger partial charge in [-0.15, -0.1) is 15.3 Å². The SMILES string of the molecule is CCCCN(CCO)S(=O)(=O)c1ccc(OCC)c(-c2nn3c(C4CCCC4)nnc3c(=O)[nH]2)c1. The number of sulfonamides is 1. The first-order chi connectivity index (χ1) is 16.9. The second-order valence-corrected chi connectivity index (χ2v) is 10.6. The molecule has 0 aliphatic heterocycles. The van der Waals surface area contributed by atoms with Crippen LogP contribution in [-0.4, -0.2) is 68.9 Å². The molecule has 1 aromatic carbocycles. The summed E-state index contributed by atoms with van der Waals surface area (Å²) in [5.74, 6) is 1.38. The largest absolute Gasteiger partial charge is 0.493 e. The van der Waals surface area contributed by atoms with Crippen LogP contribution in [0.25, 0.3) is 17.0 Å². The number of aromatic nitrogens is 5. The van der Waals surface area contributed by atoms with Crippen LogP contribution in [0.15, 0.2) is 27.9 Å². The summed E-state index contributed by atoms with van der Waals surface area (Å²) in [6.45, 7) is 4.15. The summed E-state index contributed by atoms with van der Waals surface area (Å²) >= 11 is 0. The van der Waals surface area contributed by atoms with E-state index in [2.05, 4.69) is 20.3 Å². The molecule has 2 N–H and O–H groups in total. The summed E-state index contributed by atoms with van der Waals surface area (Å²) in [5.41, 5.74) is -0.0178. The Morgan fingerprint density at radius 2 is 1.97 bits per heavy atom. The van der Waals surface area contributed by atoms with Crippen molar-refractivity contribution in [3.63, 3.8) is 0 Å². The van der Waals surface area contributed by atoms with Gasteiger partial charge in [0.05, 0.1) is 23.7 Å². The summed E-state index contributed by atoms with van der Waals surface area (Å²) in [6.07, 6.45) is 5.59. The fourth-order valence-electron chi connectivity index (χ4n) is 4.46. The molecule has 1 fully saturated rings. The maximum atomic E-state index is 13.4. The van der Waals surface area contributed by atoms with E-state index < -0.39 is 15.6 Å². The molecule has 3 aromatic rings. The Hall–Kier alpha value is -2.83. The number of nitrogens with zero attached hydrogens (tertiary/aromatic N) is 5. The lowest BCUT2D eigenvalue weighted by molar-refractivity contribution is 0.252. The number of benzene rings is 1. The van der Waals surface area contributed by atoms with Crippen LogP contribution in [0.1, 0.15) is 64.1 Å². The van der Waals surface area contributed by atoms with Crippen LogP contribution in [0.2, 0.25) is 0 Å². The van der Waals surface area contributed by atoms with E-state index in [0.717, 1.165) is 32.1 Å². The van der Waals surface area contributed by atoms with Crippen LogP contribution in [-0.2, 0) is 10.0 Å². The van der Waals surface area contributed by atoms with Crippen LogP contribution in [0.4, 0.5) is 0 Å². The van der Waals surface area contributed by atoms with Gasteiger partial charge >= 0.3 is 0 Å². The second kappa shape index (κ2) is 10.8. The molecule has 1 saturated carbocycles. The molecule has 4 rings (SSSR count). The lowest BCUT2D eigenvalue weighted by atomic mass is 10.1. The molecular formula is C23H32N6O5S. The van der Waals surface area contributed by atoms with E-state index in [0.29, 0.717) is 36.7 Å². The van der Waals surface area contributed by atoms with Crippen LogP contribution >= 0.6 is 0 Å². The van der Waals surface area contributed by atoms with E-state index in [-0.39, 0.29) is 35.4 Å². The Morgan fingerprint density at radius 1 is 1.20 bits per heavy atom. The van der Waals surface area contributed by atoms with Gasteiger partial charge in [0.25, 0.3) is 5.56 Å². The first-order valence-electron chi connectivity index (χ1n) is 12.1. The van der Waals surface area contributed by atoms with Gasteiger partial charge in [0, 0.05) is 19.0 Å². The molecular weight excluding hydrogens is 472 g/mol. The molecule has 0 unspecified atom stereocenters. The molecule has 2 heterocycles. The minimum Gasteiger partial charge on any atom is -0.493 e. The summed E-state index contributed by atoms with van der Waals surface area (Å²) in [7, 11) is -3.89. The molecule has 2 aromatic heterocycles. The van der Waals surface area contributed by atoms with Crippen molar-refractivity contribution in [1.82, 2.24) is 29.1 Å². The van der Waals surface area contributed by atoms with Gasteiger partial charge in [0.1, 0.15) is 5.75 Å². The van der Waals surface area contributed by atoms with Crippen LogP contribution in [0, 0.1) is 0 Å². The van der Waals surface area contributed by atoms with Crippen molar-refractivity contribution in [2.75, 3.05) is 26.3 Å². The van der Waals surface area contributed by atoms with Crippen molar-refractivity contribution >= 4 is 15.7 Å². The number of aliphatic hydroxyl groups excluding tert-OH is 1. The standard InChI is InChI=1S/C23H32N6O5S/c1-3-5-12-28(13-14-30)35(32,33)17-10-11-19(34-4-2)18(15-17)20-24-23(31)22-26-25-21(29(22)27-20)16-8-6-7-9-16/h10-11,15-16,30H,3-9,12-14H2,1-2H3,(H,24,27,31). The third kappa shape index (κ3) is 5.09. The molecule has 1 aliphatic carbocycles. The molecule has 190 valence electrons. The summed E-state index contributed by atoms with van der Waals surface area (Å²) < 4.78 is 35.3. The molecule has 1 aliphatic rings. The van der Waals surface area contributed by atoms with Crippen molar-refractivity contribution in [1.29, 1.82) is 0 Å². The maximum Gasteiger partial charge on any atom is 0.296 e. The number of unbranched alkanes of at least 4 members (excludes halogenated alkanes) is 1. The van der Waals surface area contributed by atoms with Crippen LogP contribution in [0.3, 0.4) is 0 Å². The Kier molecular flexibility index (Phi) is 7.82. The van der Waals surface area contributed by atoms with E-state index >= 15 is 0 Å². The van der Waals surface area contributed by atoms with Crippen molar-refractivity contribution in [3.05, 3.63) is 34.4 Å². The van der Waals surface area contributed by atoms with Gasteiger partial charge in [-0.1, -0.05) is 26.2 Å². The number of nitrogens with one attached hydrogen (secondary N) is 1. The maximum absolute atomic E-state index is 13.4. The zero-order valence-corrected chi connectivity index (χ0v) is 20.9. The van der Waals surface area contributed by atoms with Gasteiger partial charge in [0.2, 0.25) is 15.7 Å². The molecule has 35 heavy (non-hydrogen) atoms. The number of aromatic amines is 1. The van der Waals surface area contributed by atoms with Gasteiger partial charge in [-0.3, -0.25) is 4.79 Å². The number of rotatable bonds is 11. The smallest absolute Gasteiger partial charge is 0.296 e. The highest BCUT2D eigenvalue weighted by atomic mass is 32.2. The van der Waals surface area contributed by atoms with Gasteiger partial charge in [-0.25, -0.2) is 8.42 Å². The molecule has 0 atom stereocenters. The number of aliphatic hydroxyl groups is 1. The topological polar surface area (TPSA) is 143 Å². The zero-order valence-electron chi connectivity index (χ0n) is 20.1. The third-order valence-corrected chi connectivity index (χ3v) is 8.17. The summed E-state index contributed by atoms with van der Waals surface area (Å²) in [4.78, 5) is 15.6. The Labute approximate surface area is 204 Å². The van der Waals surface area contributed by atoms with Crippen molar-refractivity contribution in [2.24, 2.45) is 0 Å². The number of hydrogen-bond acceptors (Lipinski definition) is 8. The molecule has 0 bridgehead atoms. The average Bonchev–Trinajstić information content (AvgIpc) is 3.52. The highest BCUT2D eigenvalue weighted by Crippen LogP contribution is 2.34. The highest BCUT2D eigenvalue weighted by Gasteiger charge is 2.27. The fraction of sp³-hybridized carbons (Fsp3) is 0.565. The number of fused-ring (bicyclic) bond motifs is 1. The predicted molar refractivity (Wildman–Crippen MR) is 130 cm³/mol. The quantitative estimate of drug-likeness (QED) is 0.405. The van der Waals surface area contributed by atoms with Gasteiger partial charge in [-0.2, -0.15) is 8.82 Å². The molecule has 0 spiro atoms. The molecule has 0 saturated heterocycles. The third-order valence-electron chi connectivity index (χ3n) is 6.27. The van der Waals surface area contributed by atoms with Crippen molar-refractivity contribution in [3.8, 4) is 17.1 Å². The van der Waals surface area contributed by atoms with Gasteiger partial charge < -0.3 is 14.8 Å². The Balaban J connectivity index is 1.83. The molecule has 0 amide bonds. The number of hydrogen-bond donors (Lipinski definition) is 2. The highest BCUT2D eigenvalue weighted by molar-refractivity contribution is 7.89. The molecule has 11 nitrogen and oxygen atoms in total. The molecule has 0 radical (unpaired) electrons. The zero-order chi connectivity index (χ0) is 25.0. The van der Waals surface area contributed by atoms with Gasteiger partial charge in [-0.05, 0) is 44.4 Å². The minimum atomic E-state index is -3.89. The normalized spacial score (nSPS) is 14.9. The predicted octanol–water partition coefficient (Wildman–Crippen LogP) is 2.32. The number of ether oxygens (including phenoxy) is 1. The fourth-order valence-corrected chi connectivity index (χ4v) is 5.96. The summed E-state index contributed by atoms with van der Waals surface area (Å²) in [6, 6.07) is 4.50. The second-order valence-electron chi connectivity index (χ2n) is 8.65. The lowest BCUT2D eigenvalue weighted by Gasteiger charge is -2.22. The van der Waals surface area contributed by atoms with E-state index in [9.17, 15) is 18.3 Å². The van der Waals surface area contributed by atoms with E-state index in [1.807, 2.05) is 13.8 Å². The average molecular weight is 505 g/mol. The van der Waals surface area contributed by atoms with Crippen LogP contribution in [0.5, 0.6) is 5.75 Å². The summed E-state index contributed by atoms with van der Waals surface area (Å²) in [5, 5.41) is 22.3. The Bertz CT molecular complexity index is 1330. The Morgan fingerprint density at radius 3 is 2.66 bits per heavy atom. The minimum absolute atomic E-state index is 0.00260. The van der Waals surface area contributed by atoms with Crippen molar-refractivity contribution < 1.29 is 18.3 Å². The van der Waals surface area contributed by atoms with E-state index in [4.69, 9.17) is 4.74 Å². The van der Waals surface area contributed by atoms with Crippen molar-refractivity contribution in [2.45, 2.75) is 63.2 Å². The first kappa shape index (κ1) is 25.3. The van der Waals surface area contributed by atoms with Gasteiger partial charge in [0.15, 0.2) is 11.6 Å². The molecule has 12 heteroatoms. The van der Waals surface area contributed by atoms with E-state index in [1.165, 1.54) is 21.0 Å². The number of H-pyrrole nitrogens is 1. The lowest BCUT2D eigenvalue weighted by Crippen LogP contribution is -2.34. The van der Waals surface area contributed by atoms with Crippen LogP contribution < -0.4 is 10.3 Å².